The quantitative estimate of drug-likeness (QED) is 0.361. The molecule has 0 radical (unpaired) electrons. The summed E-state index contributed by atoms with van der Waals surface area (Å²) in [5.41, 5.74) is 6.35. The van der Waals surface area contributed by atoms with Gasteiger partial charge in [-0.3, -0.25) is 9.29 Å². The molecule has 31 heavy (non-hydrogen) atoms. The van der Waals surface area contributed by atoms with Gasteiger partial charge in [-0.15, -0.1) is 0 Å². The molecule has 2 unspecified atom stereocenters. The van der Waals surface area contributed by atoms with Crippen LogP contribution < -0.4 is 15.6 Å². The van der Waals surface area contributed by atoms with Crippen molar-refractivity contribution in [2.45, 2.75) is 69.9 Å². The number of sulfonamides is 1. The molecule has 2 fully saturated rings. The summed E-state index contributed by atoms with van der Waals surface area (Å²) < 4.78 is 40.1. The Morgan fingerprint density at radius 3 is 2.48 bits per heavy atom. The maximum atomic E-state index is 12.2. The second-order valence-electron chi connectivity index (χ2n) is 8.22. The van der Waals surface area contributed by atoms with Crippen molar-refractivity contribution >= 4 is 27.0 Å². The molecule has 5 N–H and O–H groups in total. The van der Waals surface area contributed by atoms with Crippen LogP contribution in [-0.4, -0.2) is 74.2 Å². The van der Waals surface area contributed by atoms with Crippen LogP contribution >= 0.6 is 0 Å². The molecule has 6 atom stereocenters. The Labute approximate surface area is 179 Å². The lowest BCUT2D eigenvalue weighted by atomic mass is 10.1. The standard InChI is InChI=1S/C17H27N7O6S/c1-7(2)15-21-22-16(30-15)12-10(25)11(26)17(29-12)24-6-20-9-13(18-5-19-14(9)24)23-31(27,28)8(3)4/h5-8,10-12,15-17,21-22,25-26H,1-4H3,(H,18,19,23)/t10-,11+,12-,15?,16?,17+/m0/s1. The number of aliphatic hydroxyl groups is 2. The molecule has 0 bridgehead atoms. The molecule has 172 valence electrons. The SMILES string of the molecule is CC(C)C1NNC([C@H]2O[C@@H](n3cnc4c(NS(=O)(=O)C(C)C)ncnc43)[C@H](O)[C@@H]2O)O1. The Balaban J connectivity index is 1.60. The number of hydrogen-bond donors (Lipinski definition) is 5. The van der Waals surface area contributed by atoms with Crippen LogP contribution in [0.2, 0.25) is 0 Å². The molecule has 2 aliphatic rings. The van der Waals surface area contributed by atoms with E-state index in [9.17, 15) is 18.6 Å². The van der Waals surface area contributed by atoms with Gasteiger partial charge < -0.3 is 19.7 Å². The molecule has 0 aliphatic carbocycles. The van der Waals surface area contributed by atoms with Gasteiger partial charge in [-0.2, -0.15) is 0 Å². The lowest BCUT2D eigenvalue weighted by molar-refractivity contribution is -0.113. The third-order valence-corrected chi connectivity index (χ3v) is 7.05. The van der Waals surface area contributed by atoms with E-state index in [0.717, 1.165) is 0 Å². The van der Waals surface area contributed by atoms with E-state index in [0.29, 0.717) is 0 Å². The number of nitrogens with one attached hydrogen (secondary N) is 3. The van der Waals surface area contributed by atoms with Gasteiger partial charge in [-0.25, -0.2) is 34.2 Å². The summed E-state index contributed by atoms with van der Waals surface area (Å²) in [5.74, 6) is 0.200. The number of hydrazine groups is 1. The summed E-state index contributed by atoms with van der Waals surface area (Å²) >= 11 is 0. The molecule has 0 saturated carbocycles. The number of ether oxygens (including phenoxy) is 2. The Hall–Kier alpha value is -1.94. The molecule has 14 heteroatoms. The van der Waals surface area contributed by atoms with E-state index in [1.807, 2.05) is 13.8 Å². The Bertz CT molecular complexity index is 1040. The monoisotopic (exact) mass is 457 g/mol. The first-order valence-corrected chi connectivity index (χ1v) is 11.5. The normalized spacial score (nSPS) is 31.9. The first-order chi connectivity index (χ1) is 14.6. The maximum Gasteiger partial charge on any atom is 0.236 e. The van der Waals surface area contributed by atoms with Gasteiger partial charge in [-0.05, 0) is 19.8 Å². The van der Waals surface area contributed by atoms with Crippen LogP contribution in [0.3, 0.4) is 0 Å². The van der Waals surface area contributed by atoms with E-state index in [1.54, 1.807) is 13.8 Å². The van der Waals surface area contributed by atoms with Crippen molar-refractivity contribution in [3.05, 3.63) is 12.7 Å². The predicted octanol–water partition coefficient (Wildman–Crippen LogP) is -0.972. The largest absolute Gasteiger partial charge is 0.387 e. The van der Waals surface area contributed by atoms with Gasteiger partial charge in [-0.1, -0.05) is 13.8 Å². The smallest absolute Gasteiger partial charge is 0.236 e. The maximum absolute atomic E-state index is 12.2. The van der Waals surface area contributed by atoms with Crippen molar-refractivity contribution < 1.29 is 28.1 Å². The fourth-order valence-corrected chi connectivity index (χ4v) is 4.06. The molecule has 4 heterocycles. The lowest BCUT2D eigenvalue weighted by Gasteiger charge is -2.21. The Morgan fingerprint density at radius 2 is 1.84 bits per heavy atom. The molecule has 2 aromatic heterocycles. The summed E-state index contributed by atoms with van der Waals surface area (Å²) in [5, 5.41) is 20.5. The fourth-order valence-electron chi connectivity index (χ4n) is 3.40. The highest BCUT2D eigenvalue weighted by Gasteiger charge is 2.50. The molecular formula is C17H27N7O6S. The summed E-state index contributed by atoms with van der Waals surface area (Å²) in [4.78, 5) is 12.3. The van der Waals surface area contributed by atoms with Crippen LogP contribution in [0.5, 0.6) is 0 Å². The highest BCUT2D eigenvalue weighted by molar-refractivity contribution is 7.93. The number of imidazole rings is 1. The zero-order valence-electron chi connectivity index (χ0n) is 17.5. The van der Waals surface area contributed by atoms with Crippen molar-refractivity contribution in [2.24, 2.45) is 5.92 Å². The van der Waals surface area contributed by atoms with Gasteiger partial charge in [0.1, 0.15) is 30.9 Å². The van der Waals surface area contributed by atoms with Crippen LogP contribution in [0.1, 0.15) is 33.9 Å². The minimum absolute atomic E-state index is 0.0202. The van der Waals surface area contributed by atoms with Gasteiger partial charge in [0.25, 0.3) is 0 Å². The van der Waals surface area contributed by atoms with Gasteiger partial charge >= 0.3 is 0 Å². The lowest BCUT2D eigenvalue weighted by Crippen LogP contribution is -2.46. The number of aliphatic hydroxyl groups excluding tert-OH is 2. The van der Waals surface area contributed by atoms with E-state index in [4.69, 9.17) is 9.47 Å². The number of fused-ring (bicyclic) bond motifs is 1. The fraction of sp³-hybridized carbons (Fsp3) is 0.706. The third kappa shape index (κ3) is 4.00. The van der Waals surface area contributed by atoms with Crippen LogP contribution in [0.15, 0.2) is 12.7 Å². The van der Waals surface area contributed by atoms with E-state index < -0.39 is 46.0 Å². The molecule has 0 amide bonds. The summed E-state index contributed by atoms with van der Waals surface area (Å²) in [6, 6.07) is 0. The van der Waals surface area contributed by atoms with Crippen LogP contribution in [0.25, 0.3) is 11.2 Å². The molecule has 2 saturated heterocycles. The van der Waals surface area contributed by atoms with E-state index >= 15 is 0 Å². The minimum Gasteiger partial charge on any atom is -0.387 e. The predicted molar refractivity (Wildman–Crippen MR) is 109 cm³/mol. The first-order valence-electron chi connectivity index (χ1n) is 9.97. The van der Waals surface area contributed by atoms with Crippen LogP contribution in [-0.2, 0) is 19.5 Å². The molecule has 13 nitrogen and oxygen atoms in total. The van der Waals surface area contributed by atoms with Gasteiger partial charge in [0.15, 0.2) is 29.4 Å². The second kappa shape index (κ2) is 8.20. The number of anilines is 1. The van der Waals surface area contributed by atoms with Crippen molar-refractivity contribution in [3.63, 3.8) is 0 Å². The molecule has 4 rings (SSSR count). The molecular weight excluding hydrogens is 430 g/mol. The summed E-state index contributed by atoms with van der Waals surface area (Å²) in [6.07, 6.45) is -2.83. The van der Waals surface area contributed by atoms with Crippen molar-refractivity contribution in [3.8, 4) is 0 Å². The van der Waals surface area contributed by atoms with Crippen molar-refractivity contribution in [1.29, 1.82) is 0 Å². The van der Waals surface area contributed by atoms with Crippen molar-refractivity contribution in [1.82, 2.24) is 30.4 Å². The van der Waals surface area contributed by atoms with Crippen LogP contribution in [0, 0.1) is 5.92 Å². The minimum atomic E-state index is -3.65. The number of aromatic nitrogens is 4. The Kier molecular flexibility index (Phi) is 5.89. The van der Waals surface area contributed by atoms with E-state index in [-0.39, 0.29) is 29.1 Å². The highest BCUT2D eigenvalue weighted by Crippen LogP contribution is 2.34. The first kappa shape index (κ1) is 22.3. The molecule has 0 spiro atoms. The van der Waals surface area contributed by atoms with Crippen molar-refractivity contribution in [2.75, 3.05) is 4.72 Å². The summed E-state index contributed by atoms with van der Waals surface area (Å²) in [7, 11) is -3.65. The van der Waals surface area contributed by atoms with Gasteiger partial charge in [0.2, 0.25) is 10.0 Å². The zero-order valence-corrected chi connectivity index (χ0v) is 18.3. The zero-order chi connectivity index (χ0) is 22.5. The van der Waals surface area contributed by atoms with E-state index in [2.05, 4.69) is 30.5 Å². The topological polar surface area (TPSA) is 173 Å². The number of rotatable bonds is 6. The Morgan fingerprint density at radius 1 is 1.10 bits per heavy atom. The van der Waals surface area contributed by atoms with Gasteiger partial charge in [0, 0.05) is 0 Å². The molecule has 2 aliphatic heterocycles. The van der Waals surface area contributed by atoms with Gasteiger partial charge in [0.05, 0.1) is 11.6 Å². The highest BCUT2D eigenvalue weighted by atomic mass is 32.2. The number of nitrogens with zero attached hydrogens (tertiary/aromatic N) is 4. The molecule has 0 aromatic carbocycles. The second-order valence-corrected chi connectivity index (χ2v) is 10.5. The molecule has 2 aromatic rings. The van der Waals surface area contributed by atoms with Crippen LogP contribution in [0.4, 0.5) is 5.82 Å². The number of hydrogen-bond acceptors (Lipinski definition) is 11. The average Bonchev–Trinajstić information content (AvgIpc) is 3.41. The third-order valence-electron chi connectivity index (χ3n) is 5.33. The summed E-state index contributed by atoms with van der Waals surface area (Å²) in [6.45, 7) is 7.05. The van der Waals surface area contributed by atoms with E-state index in [1.165, 1.54) is 17.2 Å². The average molecular weight is 458 g/mol.